The average Bonchev–Trinajstić information content (AvgIpc) is 2.68. The molecule has 0 amide bonds. The number of halogens is 1. The van der Waals surface area contributed by atoms with Gasteiger partial charge in [-0.05, 0) is 24.1 Å². The number of hydrogen-bond donors (Lipinski definition) is 2. The summed E-state index contributed by atoms with van der Waals surface area (Å²) >= 11 is 6.15. The molecule has 0 aliphatic heterocycles. The first kappa shape index (κ1) is 18.8. The van der Waals surface area contributed by atoms with Crippen LogP contribution >= 0.6 is 11.6 Å². The molecule has 2 N–H and O–H groups in total. The first-order chi connectivity index (χ1) is 13.1. The summed E-state index contributed by atoms with van der Waals surface area (Å²) in [5.41, 5.74) is 3.11. The fraction of sp³-hybridized carbons (Fsp3) is 0.200. The van der Waals surface area contributed by atoms with Crippen molar-refractivity contribution >= 4 is 29.1 Å². The Bertz CT molecular complexity index is 934. The quantitative estimate of drug-likeness (QED) is 0.609. The zero-order chi connectivity index (χ0) is 19.2. The molecule has 3 rings (SSSR count). The number of hydrogen-bond acceptors (Lipinski definition) is 6. The molecule has 0 saturated carbocycles. The number of aryl methyl sites for hydroxylation is 1. The molecule has 140 valence electrons. The van der Waals surface area contributed by atoms with Gasteiger partial charge in [0.25, 0.3) is 0 Å². The van der Waals surface area contributed by atoms with Gasteiger partial charge in [-0.1, -0.05) is 35.9 Å². The van der Waals surface area contributed by atoms with Crippen LogP contribution in [-0.4, -0.2) is 24.2 Å². The molecule has 2 aromatic carbocycles. The Morgan fingerprint density at radius 1 is 1.04 bits per heavy atom. The van der Waals surface area contributed by atoms with E-state index in [1.165, 1.54) is 11.1 Å². The summed E-state index contributed by atoms with van der Waals surface area (Å²) in [4.78, 5) is 8.78. The van der Waals surface area contributed by atoms with E-state index in [4.69, 9.17) is 21.1 Å². The van der Waals surface area contributed by atoms with E-state index >= 15 is 0 Å². The van der Waals surface area contributed by atoms with Gasteiger partial charge in [0, 0.05) is 24.9 Å². The summed E-state index contributed by atoms with van der Waals surface area (Å²) in [7, 11) is 3.15. The third kappa shape index (κ3) is 4.60. The van der Waals surface area contributed by atoms with Crippen molar-refractivity contribution in [3.05, 3.63) is 64.8 Å². The van der Waals surface area contributed by atoms with Crippen LogP contribution in [0, 0.1) is 6.92 Å². The smallest absolute Gasteiger partial charge is 0.224 e. The second-order valence-corrected chi connectivity index (χ2v) is 6.26. The Balaban J connectivity index is 1.77. The van der Waals surface area contributed by atoms with Crippen LogP contribution in [0.5, 0.6) is 11.5 Å². The summed E-state index contributed by atoms with van der Waals surface area (Å²) in [6, 6.07) is 13.4. The molecule has 0 spiro atoms. The summed E-state index contributed by atoms with van der Waals surface area (Å²) in [5.74, 6) is 2.30. The van der Waals surface area contributed by atoms with E-state index in [-0.39, 0.29) is 0 Å². The number of ether oxygens (including phenoxy) is 2. The topological polar surface area (TPSA) is 68.3 Å². The highest BCUT2D eigenvalue weighted by atomic mass is 35.5. The molecule has 7 heteroatoms. The molecule has 0 fully saturated rings. The van der Waals surface area contributed by atoms with Gasteiger partial charge >= 0.3 is 0 Å². The van der Waals surface area contributed by atoms with Crippen molar-refractivity contribution in [1.29, 1.82) is 0 Å². The number of nitrogens with one attached hydrogen (secondary N) is 2. The number of nitrogens with zero attached hydrogens (tertiary/aromatic N) is 2. The van der Waals surface area contributed by atoms with Crippen molar-refractivity contribution in [2.75, 3.05) is 24.9 Å². The first-order valence-corrected chi connectivity index (χ1v) is 8.78. The van der Waals surface area contributed by atoms with E-state index in [0.29, 0.717) is 40.5 Å². The Morgan fingerprint density at radius 3 is 2.56 bits per heavy atom. The van der Waals surface area contributed by atoms with Crippen LogP contribution in [0.15, 0.2) is 48.7 Å². The third-order valence-corrected chi connectivity index (χ3v) is 4.39. The van der Waals surface area contributed by atoms with Gasteiger partial charge in [0.1, 0.15) is 17.3 Å². The zero-order valence-electron chi connectivity index (χ0n) is 15.4. The lowest BCUT2D eigenvalue weighted by Gasteiger charge is -2.14. The number of aromatic nitrogens is 2. The van der Waals surface area contributed by atoms with Gasteiger partial charge in [-0.2, -0.15) is 4.98 Å². The molecule has 1 heterocycles. The molecule has 0 unspecified atom stereocenters. The predicted octanol–water partition coefficient (Wildman–Crippen LogP) is 4.81. The number of rotatable bonds is 7. The molecule has 0 aliphatic carbocycles. The molecule has 3 aromatic rings. The summed E-state index contributed by atoms with van der Waals surface area (Å²) in [6.07, 6.45) is 1.69. The maximum Gasteiger partial charge on any atom is 0.224 e. The molecular weight excluding hydrogens is 364 g/mol. The van der Waals surface area contributed by atoms with Crippen LogP contribution in [-0.2, 0) is 6.54 Å². The number of anilines is 3. The molecule has 0 atom stereocenters. The molecule has 0 aliphatic rings. The molecule has 6 nitrogen and oxygen atoms in total. The van der Waals surface area contributed by atoms with Gasteiger partial charge in [-0.25, -0.2) is 4.98 Å². The normalized spacial score (nSPS) is 10.4. The van der Waals surface area contributed by atoms with Crippen molar-refractivity contribution in [2.45, 2.75) is 13.5 Å². The van der Waals surface area contributed by atoms with E-state index in [1.807, 2.05) is 12.1 Å². The highest BCUT2D eigenvalue weighted by Crippen LogP contribution is 2.37. The van der Waals surface area contributed by atoms with Crippen molar-refractivity contribution in [1.82, 2.24) is 9.97 Å². The number of methoxy groups -OCH3 is 2. The van der Waals surface area contributed by atoms with Gasteiger partial charge in [0.15, 0.2) is 0 Å². The Labute approximate surface area is 163 Å². The van der Waals surface area contributed by atoms with Crippen molar-refractivity contribution < 1.29 is 9.47 Å². The van der Waals surface area contributed by atoms with Crippen molar-refractivity contribution in [3.8, 4) is 11.5 Å². The Kier molecular flexibility index (Phi) is 5.98. The lowest BCUT2D eigenvalue weighted by atomic mass is 10.1. The largest absolute Gasteiger partial charge is 0.495 e. The van der Waals surface area contributed by atoms with Crippen LogP contribution in [0.3, 0.4) is 0 Å². The predicted molar refractivity (Wildman–Crippen MR) is 108 cm³/mol. The Hall–Kier alpha value is -2.99. The number of benzene rings is 2. The first-order valence-electron chi connectivity index (χ1n) is 8.40. The van der Waals surface area contributed by atoms with E-state index in [2.05, 4.69) is 39.7 Å². The molecule has 1 aromatic heterocycles. The van der Waals surface area contributed by atoms with Gasteiger partial charge < -0.3 is 20.1 Å². The van der Waals surface area contributed by atoms with E-state index in [9.17, 15) is 0 Å². The lowest BCUT2D eigenvalue weighted by molar-refractivity contribution is 0.405. The fourth-order valence-electron chi connectivity index (χ4n) is 2.59. The average molecular weight is 385 g/mol. The van der Waals surface area contributed by atoms with Gasteiger partial charge in [0.2, 0.25) is 5.95 Å². The minimum absolute atomic E-state index is 0.475. The SMILES string of the molecule is COc1cc(Nc2ccnc(NCc3ccccc3C)n2)c(OC)cc1Cl. The van der Waals surface area contributed by atoms with Gasteiger partial charge in [-0.15, -0.1) is 0 Å². The van der Waals surface area contributed by atoms with E-state index in [1.54, 1.807) is 38.6 Å². The van der Waals surface area contributed by atoms with Crippen LogP contribution in [0.25, 0.3) is 0 Å². The monoisotopic (exact) mass is 384 g/mol. The summed E-state index contributed by atoms with van der Waals surface area (Å²) in [6.45, 7) is 2.73. The second kappa shape index (κ2) is 8.60. The van der Waals surface area contributed by atoms with E-state index in [0.717, 1.165) is 0 Å². The fourth-order valence-corrected chi connectivity index (χ4v) is 2.82. The van der Waals surface area contributed by atoms with Gasteiger partial charge in [0.05, 0.1) is 24.9 Å². The maximum atomic E-state index is 6.15. The zero-order valence-corrected chi connectivity index (χ0v) is 16.2. The lowest BCUT2D eigenvalue weighted by Crippen LogP contribution is -2.06. The minimum Gasteiger partial charge on any atom is -0.495 e. The molecule has 0 bridgehead atoms. The van der Waals surface area contributed by atoms with Crippen LogP contribution in [0.4, 0.5) is 17.5 Å². The van der Waals surface area contributed by atoms with Crippen LogP contribution in [0.2, 0.25) is 5.02 Å². The second-order valence-electron chi connectivity index (χ2n) is 5.86. The van der Waals surface area contributed by atoms with Crippen LogP contribution < -0.4 is 20.1 Å². The molecular formula is C20H21ClN4O2. The summed E-state index contributed by atoms with van der Waals surface area (Å²) < 4.78 is 10.7. The van der Waals surface area contributed by atoms with Gasteiger partial charge in [-0.3, -0.25) is 0 Å². The highest BCUT2D eigenvalue weighted by Gasteiger charge is 2.11. The highest BCUT2D eigenvalue weighted by molar-refractivity contribution is 6.32. The maximum absolute atomic E-state index is 6.15. The van der Waals surface area contributed by atoms with Crippen molar-refractivity contribution in [2.24, 2.45) is 0 Å². The molecule has 27 heavy (non-hydrogen) atoms. The summed E-state index contributed by atoms with van der Waals surface area (Å²) in [5, 5.41) is 6.94. The molecule has 0 saturated heterocycles. The van der Waals surface area contributed by atoms with E-state index < -0.39 is 0 Å². The standard InChI is InChI=1S/C20H21ClN4O2/c1-13-6-4-5-7-14(13)12-23-20-22-9-8-19(25-20)24-16-11-17(26-2)15(21)10-18(16)27-3/h4-11H,12H2,1-3H3,(H2,22,23,24,25). The molecule has 0 radical (unpaired) electrons. The minimum atomic E-state index is 0.475. The Morgan fingerprint density at radius 2 is 1.81 bits per heavy atom. The van der Waals surface area contributed by atoms with Crippen molar-refractivity contribution in [3.63, 3.8) is 0 Å². The van der Waals surface area contributed by atoms with Crippen LogP contribution in [0.1, 0.15) is 11.1 Å². The third-order valence-electron chi connectivity index (χ3n) is 4.09.